The lowest BCUT2D eigenvalue weighted by atomic mass is 10.3. The van der Waals surface area contributed by atoms with Gasteiger partial charge in [-0.15, -0.1) is 11.6 Å². The van der Waals surface area contributed by atoms with E-state index in [0.717, 1.165) is 11.5 Å². The Bertz CT molecular complexity index is 308. The first-order valence-corrected chi connectivity index (χ1v) is 5.20. The highest BCUT2D eigenvalue weighted by Crippen LogP contribution is 2.13. The molecule has 1 unspecified atom stereocenters. The second-order valence-corrected chi connectivity index (χ2v) is 4.02. The fourth-order valence-electron chi connectivity index (χ4n) is 1.39. The average molecular weight is 230 g/mol. The van der Waals surface area contributed by atoms with Crippen molar-refractivity contribution in [2.45, 2.75) is 12.3 Å². The van der Waals surface area contributed by atoms with Crippen molar-refractivity contribution in [1.82, 2.24) is 9.97 Å². The molecule has 4 nitrogen and oxygen atoms in total. The van der Waals surface area contributed by atoms with E-state index in [0.29, 0.717) is 13.2 Å². The number of nitrogens with zero attached hydrogens (tertiary/aromatic N) is 3. The van der Waals surface area contributed by atoms with Crippen LogP contribution in [0.15, 0.2) is 12.4 Å². The first-order chi connectivity index (χ1) is 7.15. The van der Waals surface area contributed by atoms with Crippen LogP contribution in [0.4, 0.5) is 5.82 Å². The van der Waals surface area contributed by atoms with E-state index in [4.69, 9.17) is 16.3 Å². The van der Waals surface area contributed by atoms with Crippen molar-refractivity contribution in [3.63, 3.8) is 0 Å². The van der Waals surface area contributed by atoms with Gasteiger partial charge in [0.25, 0.3) is 0 Å². The predicted octanol–water partition coefficient (Wildman–Crippen LogP) is 1.48. The molecule has 0 saturated heterocycles. The minimum atomic E-state index is -0.0404. The number of aryl methyl sites for hydroxylation is 1. The third kappa shape index (κ3) is 3.64. The molecular weight excluding hydrogens is 214 g/mol. The Hall–Kier alpha value is -0.870. The van der Waals surface area contributed by atoms with Crippen LogP contribution in [0.3, 0.4) is 0 Å². The molecule has 0 radical (unpaired) electrons. The third-order valence-corrected chi connectivity index (χ3v) is 2.30. The maximum atomic E-state index is 6.06. The maximum Gasteiger partial charge on any atom is 0.149 e. The molecule has 1 aromatic heterocycles. The molecule has 0 saturated carbocycles. The molecule has 1 heterocycles. The molecule has 5 heteroatoms. The van der Waals surface area contributed by atoms with Crippen LogP contribution >= 0.6 is 11.6 Å². The quantitative estimate of drug-likeness (QED) is 0.717. The number of rotatable bonds is 5. The number of hydrogen-bond donors (Lipinski definition) is 0. The van der Waals surface area contributed by atoms with E-state index >= 15 is 0 Å². The highest BCUT2D eigenvalue weighted by atomic mass is 35.5. The van der Waals surface area contributed by atoms with Gasteiger partial charge in [0, 0.05) is 33.1 Å². The molecule has 0 aliphatic heterocycles. The lowest BCUT2D eigenvalue weighted by Crippen LogP contribution is -2.29. The molecule has 84 valence electrons. The molecule has 1 rings (SSSR count). The molecule has 0 fully saturated rings. The van der Waals surface area contributed by atoms with Crippen molar-refractivity contribution < 1.29 is 4.74 Å². The highest BCUT2D eigenvalue weighted by Gasteiger charge is 2.11. The zero-order chi connectivity index (χ0) is 11.3. The second-order valence-electron chi connectivity index (χ2n) is 3.40. The zero-order valence-corrected chi connectivity index (χ0v) is 10.0. The molecule has 0 aliphatic rings. The summed E-state index contributed by atoms with van der Waals surface area (Å²) in [6.45, 7) is 3.15. The lowest BCUT2D eigenvalue weighted by molar-refractivity contribution is 0.199. The summed E-state index contributed by atoms with van der Waals surface area (Å²) < 4.78 is 4.98. The van der Waals surface area contributed by atoms with E-state index < -0.39 is 0 Å². The average Bonchev–Trinajstić information content (AvgIpc) is 2.18. The Labute approximate surface area is 95.2 Å². The molecule has 0 bridgehead atoms. The molecule has 1 atom stereocenters. The second kappa shape index (κ2) is 5.88. The summed E-state index contributed by atoms with van der Waals surface area (Å²) in [5, 5.41) is -0.0404. The summed E-state index contributed by atoms with van der Waals surface area (Å²) in [5.74, 6) is 0.860. The minimum absolute atomic E-state index is 0.0404. The highest BCUT2D eigenvalue weighted by molar-refractivity contribution is 6.21. The van der Waals surface area contributed by atoms with E-state index in [1.54, 1.807) is 19.5 Å². The number of hydrogen-bond acceptors (Lipinski definition) is 4. The van der Waals surface area contributed by atoms with Crippen LogP contribution in [-0.4, -0.2) is 42.7 Å². The molecule has 0 N–H and O–H groups in total. The number of halogens is 1. The zero-order valence-electron chi connectivity index (χ0n) is 9.27. The van der Waals surface area contributed by atoms with Crippen molar-refractivity contribution in [1.29, 1.82) is 0 Å². The number of ether oxygens (including phenoxy) is 1. The Morgan fingerprint density at radius 2 is 2.13 bits per heavy atom. The van der Waals surface area contributed by atoms with E-state index in [1.807, 2.05) is 18.9 Å². The summed E-state index contributed by atoms with van der Waals surface area (Å²) in [4.78, 5) is 10.4. The lowest BCUT2D eigenvalue weighted by Gasteiger charge is -2.21. The summed E-state index contributed by atoms with van der Waals surface area (Å²) >= 11 is 6.06. The van der Waals surface area contributed by atoms with E-state index in [9.17, 15) is 0 Å². The van der Waals surface area contributed by atoms with Gasteiger partial charge in [-0.1, -0.05) is 0 Å². The van der Waals surface area contributed by atoms with Gasteiger partial charge >= 0.3 is 0 Å². The van der Waals surface area contributed by atoms with Crippen LogP contribution in [0.5, 0.6) is 0 Å². The molecule has 15 heavy (non-hydrogen) atoms. The van der Waals surface area contributed by atoms with Gasteiger partial charge < -0.3 is 9.64 Å². The van der Waals surface area contributed by atoms with Crippen molar-refractivity contribution in [2.75, 3.05) is 32.2 Å². The Kier molecular flexibility index (Phi) is 4.78. The van der Waals surface area contributed by atoms with Crippen molar-refractivity contribution in [2.24, 2.45) is 0 Å². The summed E-state index contributed by atoms with van der Waals surface area (Å²) in [6, 6.07) is 0. The number of alkyl halides is 1. The fourth-order valence-corrected chi connectivity index (χ4v) is 1.73. The maximum absolute atomic E-state index is 6.06. The van der Waals surface area contributed by atoms with E-state index in [-0.39, 0.29) is 5.38 Å². The van der Waals surface area contributed by atoms with Crippen LogP contribution < -0.4 is 4.90 Å². The number of anilines is 1. The van der Waals surface area contributed by atoms with Gasteiger partial charge in [0.1, 0.15) is 5.82 Å². The first kappa shape index (κ1) is 12.2. The third-order valence-electron chi connectivity index (χ3n) is 2.04. The minimum Gasteiger partial charge on any atom is -0.383 e. The van der Waals surface area contributed by atoms with Crippen molar-refractivity contribution in [3.8, 4) is 0 Å². The smallest absolute Gasteiger partial charge is 0.149 e. The Balaban J connectivity index is 2.61. The van der Waals surface area contributed by atoms with E-state index in [2.05, 4.69) is 9.97 Å². The normalized spacial score (nSPS) is 12.5. The first-order valence-electron chi connectivity index (χ1n) is 4.77. The van der Waals surface area contributed by atoms with Gasteiger partial charge in [0.2, 0.25) is 0 Å². The Morgan fingerprint density at radius 1 is 1.47 bits per heavy atom. The predicted molar refractivity (Wildman–Crippen MR) is 61.6 cm³/mol. The Morgan fingerprint density at radius 3 is 2.73 bits per heavy atom. The summed E-state index contributed by atoms with van der Waals surface area (Å²) in [7, 11) is 3.59. The van der Waals surface area contributed by atoms with Gasteiger partial charge in [0.05, 0.1) is 17.7 Å². The van der Waals surface area contributed by atoms with Crippen LogP contribution in [0.25, 0.3) is 0 Å². The van der Waals surface area contributed by atoms with Crippen LogP contribution in [0, 0.1) is 6.92 Å². The summed E-state index contributed by atoms with van der Waals surface area (Å²) in [6.07, 6.45) is 3.36. The van der Waals surface area contributed by atoms with Gasteiger partial charge in [-0.25, -0.2) is 4.98 Å². The van der Waals surface area contributed by atoms with Gasteiger partial charge in [-0.2, -0.15) is 0 Å². The van der Waals surface area contributed by atoms with Crippen LogP contribution in [0.2, 0.25) is 0 Å². The molecular formula is C10H16ClN3O. The van der Waals surface area contributed by atoms with Crippen LogP contribution in [0.1, 0.15) is 5.69 Å². The van der Waals surface area contributed by atoms with Gasteiger partial charge in [-0.3, -0.25) is 4.98 Å². The van der Waals surface area contributed by atoms with Crippen molar-refractivity contribution in [3.05, 3.63) is 18.1 Å². The molecule has 0 spiro atoms. The fraction of sp³-hybridized carbons (Fsp3) is 0.600. The molecule has 1 aromatic rings. The monoisotopic (exact) mass is 229 g/mol. The topological polar surface area (TPSA) is 38.2 Å². The molecule has 0 aliphatic carbocycles. The number of methoxy groups -OCH3 is 1. The van der Waals surface area contributed by atoms with E-state index in [1.165, 1.54) is 0 Å². The summed E-state index contributed by atoms with van der Waals surface area (Å²) in [5.41, 5.74) is 0.904. The number of aromatic nitrogens is 2. The molecule has 0 aromatic carbocycles. The van der Waals surface area contributed by atoms with Crippen LogP contribution in [-0.2, 0) is 4.74 Å². The van der Waals surface area contributed by atoms with Crippen molar-refractivity contribution >= 4 is 17.4 Å². The molecule has 0 amide bonds. The SMILES string of the molecule is COCC(Cl)CN(C)c1nccnc1C. The standard InChI is InChI=1S/C10H16ClN3O/c1-8-10(13-5-4-12-8)14(2)6-9(11)7-15-3/h4-5,9H,6-7H2,1-3H3. The van der Waals surface area contributed by atoms with Gasteiger partial charge in [-0.05, 0) is 6.92 Å². The largest absolute Gasteiger partial charge is 0.383 e. The van der Waals surface area contributed by atoms with Gasteiger partial charge in [0.15, 0.2) is 0 Å².